The molecule has 140 valence electrons. The molecule has 1 aliphatic heterocycles. The SMILES string of the molecule is OC1CCN(c2ccc(CNc3ncnc4ccc(Br)cc34)cc2F)CC1. The van der Waals surface area contributed by atoms with Crippen LogP contribution < -0.4 is 10.2 Å². The zero-order valence-corrected chi connectivity index (χ0v) is 16.3. The third kappa shape index (κ3) is 4.04. The number of aliphatic hydroxyl groups excluding tert-OH is 1. The van der Waals surface area contributed by atoms with Gasteiger partial charge in [0.15, 0.2) is 0 Å². The molecule has 1 saturated heterocycles. The molecule has 3 aromatic rings. The Morgan fingerprint density at radius 1 is 1.15 bits per heavy atom. The molecule has 2 aromatic carbocycles. The molecule has 0 bridgehead atoms. The lowest BCUT2D eigenvalue weighted by atomic mass is 10.1. The number of hydrogen-bond acceptors (Lipinski definition) is 5. The molecule has 4 rings (SSSR count). The molecule has 0 radical (unpaired) electrons. The van der Waals surface area contributed by atoms with Crippen molar-refractivity contribution in [3.63, 3.8) is 0 Å². The molecule has 0 unspecified atom stereocenters. The molecule has 0 amide bonds. The number of nitrogens with one attached hydrogen (secondary N) is 1. The van der Waals surface area contributed by atoms with Crippen molar-refractivity contribution in [3.8, 4) is 0 Å². The van der Waals surface area contributed by atoms with E-state index in [0.717, 1.165) is 26.8 Å². The van der Waals surface area contributed by atoms with Crippen LogP contribution in [-0.2, 0) is 6.54 Å². The van der Waals surface area contributed by atoms with Gasteiger partial charge in [-0.15, -0.1) is 0 Å². The summed E-state index contributed by atoms with van der Waals surface area (Å²) in [6.07, 6.45) is 2.61. The van der Waals surface area contributed by atoms with Gasteiger partial charge < -0.3 is 15.3 Å². The van der Waals surface area contributed by atoms with E-state index in [1.165, 1.54) is 6.33 Å². The molecule has 1 aliphatic rings. The van der Waals surface area contributed by atoms with Crippen molar-refractivity contribution in [3.05, 3.63) is 58.6 Å². The summed E-state index contributed by atoms with van der Waals surface area (Å²) in [6.45, 7) is 1.82. The first kappa shape index (κ1) is 18.1. The van der Waals surface area contributed by atoms with Gasteiger partial charge in [-0.2, -0.15) is 0 Å². The monoisotopic (exact) mass is 430 g/mol. The van der Waals surface area contributed by atoms with Gasteiger partial charge in [0.1, 0.15) is 18.0 Å². The first-order chi connectivity index (χ1) is 13.1. The molecule has 7 heteroatoms. The topological polar surface area (TPSA) is 61.3 Å². The standard InChI is InChI=1S/C20H20BrFN4O/c21-14-2-3-18-16(10-14)20(25-12-24-18)23-11-13-1-4-19(17(22)9-13)26-7-5-15(27)6-8-26/h1-4,9-10,12,15,27H,5-8,11H2,(H,23,24,25). The van der Waals surface area contributed by atoms with Crippen LogP contribution in [0.3, 0.4) is 0 Å². The fourth-order valence-electron chi connectivity index (χ4n) is 3.38. The molecule has 27 heavy (non-hydrogen) atoms. The second-order valence-electron chi connectivity index (χ2n) is 6.74. The summed E-state index contributed by atoms with van der Waals surface area (Å²) in [5.74, 6) is 0.483. The first-order valence-corrected chi connectivity index (χ1v) is 9.75. The van der Waals surface area contributed by atoms with Crippen molar-refractivity contribution in [2.45, 2.75) is 25.5 Å². The highest BCUT2D eigenvalue weighted by atomic mass is 79.9. The second-order valence-corrected chi connectivity index (χ2v) is 7.66. The molecular formula is C20H20BrFN4O. The Labute approximate surface area is 165 Å². The van der Waals surface area contributed by atoms with E-state index in [-0.39, 0.29) is 11.9 Å². The molecule has 5 nitrogen and oxygen atoms in total. The fraction of sp³-hybridized carbons (Fsp3) is 0.300. The lowest BCUT2D eigenvalue weighted by Gasteiger charge is -2.31. The van der Waals surface area contributed by atoms with Crippen LogP contribution >= 0.6 is 15.9 Å². The zero-order chi connectivity index (χ0) is 18.8. The number of piperidine rings is 1. The molecule has 2 heterocycles. The number of benzene rings is 2. The van der Waals surface area contributed by atoms with Crippen LogP contribution in [0, 0.1) is 5.82 Å². The molecule has 1 fully saturated rings. The number of anilines is 2. The van der Waals surface area contributed by atoms with Crippen LogP contribution in [0.4, 0.5) is 15.9 Å². The molecule has 0 saturated carbocycles. The van der Waals surface area contributed by atoms with E-state index >= 15 is 0 Å². The molecule has 0 spiro atoms. The highest BCUT2D eigenvalue weighted by Gasteiger charge is 2.19. The zero-order valence-electron chi connectivity index (χ0n) is 14.7. The van der Waals surface area contributed by atoms with E-state index in [2.05, 4.69) is 31.2 Å². The average Bonchev–Trinajstić information content (AvgIpc) is 2.67. The third-order valence-electron chi connectivity index (χ3n) is 4.87. The van der Waals surface area contributed by atoms with Crippen molar-refractivity contribution < 1.29 is 9.50 Å². The van der Waals surface area contributed by atoms with Crippen molar-refractivity contribution in [2.75, 3.05) is 23.3 Å². The minimum atomic E-state index is -0.268. The van der Waals surface area contributed by atoms with Gasteiger partial charge in [0, 0.05) is 29.5 Å². The van der Waals surface area contributed by atoms with E-state index < -0.39 is 0 Å². The summed E-state index contributed by atoms with van der Waals surface area (Å²) in [4.78, 5) is 10.6. The van der Waals surface area contributed by atoms with E-state index in [1.54, 1.807) is 6.07 Å². The Morgan fingerprint density at radius 2 is 1.96 bits per heavy atom. The highest BCUT2D eigenvalue weighted by molar-refractivity contribution is 9.10. The Hall–Kier alpha value is -2.25. The van der Waals surface area contributed by atoms with E-state index in [1.807, 2.05) is 35.2 Å². The minimum absolute atomic E-state index is 0.235. The van der Waals surface area contributed by atoms with Crippen LogP contribution in [0.2, 0.25) is 0 Å². The van der Waals surface area contributed by atoms with Gasteiger partial charge in [-0.3, -0.25) is 0 Å². The smallest absolute Gasteiger partial charge is 0.146 e. The summed E-state index contributed by atoms with van der Waals surface area (Å²) in [6, 6.07) is 11.1. The predicted octanol–water partition coefficient (Wildman–Crippen LogP) is 4.10. The van der Waals surface area contributed by atoms with Crippen LogP contribution in [0.1, 0.15) is 18.4 Å². The normalized spacial score (nSPS) is 15.3. The lowest BCUT2D eigenvalue weighted by molar-refractivity contribution is 0.145. The van der Waals surface area contributed by atoms with Gasteiger partial charge in [-0.25, -0.2) is 14.4 Å². The van der Waals surface area contributed by atoms with Gasteiger partial charge >= 0.3 is 0 Å². The largest absolute Gasteiger partial charge is 0.393 e. The lowest BCUT2D eigenvalue weighted by Crippen LogP contribution is -2.36. The maximum atomic E-state index is 14.6. The fourth-order valence-corrected chi connectivity index (χ4v) is 3.74. The van der Waals surface area contributed by atoms with Crippen molar-refractivity contribution >= 4 is 38.3 Å². The quantitative estimate of drug-likeness (QED) is 0.652. The maximum absolute atomic E-state index is 14.6. The molecular weight excluding hydrogens is 411 g/mol. The second kappa shape index (κ2) is 7.78. The summed E-state index contributed by atoms with van der Waals surface area (Å²) >= 11 is 3.47. The van der Waals surface area contributed by atoms with E-state index in [0.29, 0.717) is 38.2 Å². The first-order valence-electron chi connectivity index (χ1n) is 8.96. The predicted molar refractivity (Wildman–Crippen MR) is 108 cm³/mol. The van der Waals surface area contributed by atoms with E-state index in [9.17, 15) is 9.50 Å². The Kier molecular flexibility index (Phi) is 5.22. The summed E-state index contributed by atoms with van der Waals surface area (Å²) in [7, 11) is 0. The Bertz CT molecular complexity index is 960. The number of halogens is 2. The van der Waals surface area contributed by atoms with Crippen molar-refractivity contribution in [2.24, 2.45) is 0 Å². The van der Waals surface area contributed by atoms with Gasteiger partial charge in [0.2, 0.25) is 0 Å². The number of rotatable bonds is 4. The summed E-state index contributed by atoms with van der Waals surface area (Å²) < 4.78 is 15.6. The molecule has 1 aromatic heterocycles. The number of hydrogen-bond donors (Lipinski definition) is 2. The van der Waals surface area contributed by atoms with E-state index in [4.69, 9.17) is 0 Å². The number of aromatic nitrogens is 2. The Balaban J connectivity index is 1.49. The van der Waals surface area contributed by atoms with Crippen LogP contribution in [0.25, 0.3) is 10.9 Å². The highest BCUT2D eigenvalue weighted by Crippen LogP contribution is 2.26. The van der Waals surface area contributed by atoms with Crippen LogP contribution in [-0.4, -0.2) is 34.3 Å². The van der Waals surface area contributed by atoms with Gasteiger partial charge in [-0.1, -0.05) is 22.0 Å². The van der Waals surface area contributed by atoms with Crippen molar-refractivity contribution in [1.82, 2.24) is 9.97 Å². The van der Waals surface area contributed by atoms with Gasteiger partial charge in [0.25, 0.3) is 0 Å². The van der Waals surface area contributed by atoms with Crippen LogP contribution in [0.15, 0.2) is 47.2 Å². The number of fused-ring (bicyclic) bond motifs is 1. The third-order valence-corrected chi connectivity index (χ3v) is 5.37. The molecule has 0 aliphatic carbocycles. The summed E-state index contributed by atoms with van der Waals surface area (Å²) in [5, 5.41) is 13.8. The average molecular weight is 431 g/mol. The molecule has 0 atom stereocenters. The van der Waals surface area contributed by atoms with Gasteiger partial charge in [-0.05, 0) is 48.7 Å². The van der Waals surface area contributed by atoms with Crippen molar-refractivity contribution in [1.29, 1.82) is 0 Å². The number of nitrogens with zero attached hydrogens (tertiary/aromatic N) is 3. The summed E-state index contributed by atoms with van der Waals surface area (Å²) in [5.41, 5.74) is 2.29. The minimum Gasteiger partial charge on any atom is -0.393 e. The molecule has 2 N–H and O–H groups in total. The number of aliphatic hydroxyl groups is 1. The van der Waals surface area contributed by atoms with Crippen LogP contribution in [0.5, 0.6) is 0 Å². The Morgan fingerprint density at radius 3 is 2.74 bits per heavy atom. The maximum Gasteiger partial charge on any atom is 0.146 e. The van der Waals surface area contributed by atoms with Gasteiger partial charge in [0.05, 0.1) is 17.3 Å².